The number of carbonyl (C=O) groups is 1. The third kappa shape index (κ3) is 4.97. The van der Waals surface area contributed by atoms with Crippen LogP contribution >= 0.6 is 11.6 Å². The standard InChI is InChI=1S/C20H22ClNO/c1-4-19(17-9-5-14(2)15(3)13-17)22-20(23)12-8-16-6-10-18(21)11-7-16/h5-13,19H,4H2,1-3H3,(H,22,23)/b12-8+/t19-/m1/s1. The number of halogens is 1. The average Bonchev–Trinajstić information content (AvgIpc) is 2.55. The highest BCUT2D eigenvalue weighted by Crippen LogP contribution is 2.20. The van der Waals surface area contributed by atoms with Crippen LogP contribution in [0.1, 0.15) is 41.6 Å². The van der Waals surface area contributed by atoms with Gasteiger partial charge in [0.05, 0.1) is 6.04 Å². The van der Waals surface area contributed by atoms with Crippen molar-refractivity contribution in [2.75, 3.05) is 0 Å². The van der Waals surface area contributed by atoms with Crippen LogP contribution in [0.2, 0.25) is 5.02 Å². The molecule has 1 amide bonds. The summed E-state index contributed by atoms with van der Waals surface area (Å²) < 4.78 is 0. The van der Waals surface area contributed by atoms with Gasteiger partial charge in [0.2, 0.25) is 5.91 Å². The van der Waals surface area contributed by atoms with Crippen LogP contribution in [0.3, 0.4) is 0 Å². The number of benzene rings is 2. The lowest BCUT2D eigenvalue weighted by Crippen LogP contribution is -2.26. The minimum absolute atomic E-state index is 0.0247. The molecule has 120 valence electrons. The molecular formula is C20H22ClNO. The first kappa shape index (κ1) is 17.3. The molecular weight excluding hydrogens is 306 g/mol. The fraction of sp³-hybridized carbons (Fsp3) is 0.250. The molecule has 0 aliphatic carbocycles. The molecule has 0 aliphatic rings. The summed E-state index contributed by atoms with van der Waals surface area (Å²) in [4.78, 5) is 12.2. The fourth-order valence-electron chi connectivity index (χ4n) is 2.37. The highest BCUT2D eigenvalue weighted by Gasteiger charge is 2.11. The van der Waals surface area contributed by atoms with Crippen LogP contribution in [0.4, 0.5) is 0 Å². The lowest BCUT2D eigenvalue weighted by Gasteiger charge is -2.17. The minimum Gasteiger partial charge on any atom is -0.346 e. The molecule has 0 unspecified atom stereocenters. The van der Waals surface area contributed by atoms with Crippen LogP contribution in [0.15, 0.2) is 48.5 Å². The Morgan fingerprint density at radius 1 is 1.13 bits per heavy atom. The second kappa shape index (κ2) is 7.98. The molecule has 0 spiro atoms. The van der Waals surface area contributed by atoms with Crippen LogP contribution in [0, 0.1) is 13.8 Å². The third-order valence-corrected chi connectivity index (χ3v) is 4.21. The number of hydrogen-bond donors (Lipinski definition) is 1. The van der Waals surface area contributed by atoms with E-state index in [1.165, 1.54) is 11.1 Å². The van der Waals surface area contributed by atoms with Crippen molar-refractivity contribution in [3.8, 4) is 0 Å². The van der Waals surface area contributed by atoms with Crippen molar-refractivity contribution in [1.29, 1.82) is 0 Å². The van der Waals surface area contributed by atoms with Crippen molar-refractivity contribution in [3.63, 3.8) is 0 Å². The molecule has 0 bridgehead atoms. The van der Waals surface area contributed by atoms with Crippen molar-refractivity contribution in [2.45, 2.75) is 33.2 Å². The van der Waals surface area contributed by atoms with Crippen LogP contribution in [0.5, 0.6) is 0 Å². The van der Waals surface area contributed by atoms with Crippen molar-refractivity contribution in [3.05, 3.63) is 75.8 Å². The summed E-state index contributed by atoms with van der Waals surface area (Å²) in [6.07, 6.45) is 4.20. The zero-order valence-corrected chi connectivity index (χ0v) is 14.5. The molecule has 2 nitrogen and oxygen atoms in total. The molecule has 0 saturated carbocycles. The lowest BCUT2D eigenvalue weighted by atomic mass is 9.99. The van der Waals surface area contributed by atoms with Gasteiger partial charge in [0, 0.05) is 11.1 Å². The summed E-state index contributed by atoms with van der Waals surface area (Å²) in [6.45, 7) is 6.25. The van der Waals surface area contributed by atoms with Crippen molar-refractivity contribution < 1.29 is 4.79 Å². The number of carbonyl (C=O) groups excluding carboxylic acids is 1. The number of nitrogens with one attached hydrogen (secondary N) is 1. The number of hydrogen-bond acceptors (Lipinski definition) is 1. The largest absolute Gasteiger partial charge is 0.346 e. The summed E-state index contributed by atoms with van der Waals surface area (Å²) in [5.74, 6) is -0.0926. The van der Waals surface area contributed by atoms with E-state index in [2.05, 4.69) is 44.3 Å². The Labute approximate surface area is 143 Å². The maximum Gasteiger partial charge on any atom is 0.244 e. The minimum atomic E-state index is -0.0926. The fourth-order valence-corrected chi connectivity index (χ4v) is 2.49. The van der Waals surface area contributed by atoms with E-state index >= 15 is 0 Å². The van der Waals surface area contributed by atoms with E-state index in [9.17, 15) is 4.79 Å². The van der Waals surface area contributed by atoms with E-state index in [0.29, 0.717) is 5.02 Å². The second-order valence-electron chi connectivity index (χ2n) is 5.70. The molecule has 0 radical (unpaired) electrons. The summed E-state index contributed by atoms with van der Waals surface area (Å²) >= 11 is 5.85. The third-order valence-electron chi connectivity index (χ3n) is 3.96. The molecule has 0 aromatic heterocycles. The average molecular weight is 328 g/mol. The van der Waals surface area contributed by atoms with E-state index in [1.807, 2.05) is 24.3 Å². The van der Waals surface area contributed by atoms with Crippen molar-refractivity contribution in [1.82, 2.24) is 5.32 Å². The normalized spacial score (nSPS) is 12.3. The Kier molecular flexibility index (Phi) is 6.00. The van der Waals surface area contributed by atoms with Crippen LogP contribution in [0.25, 0.3) is 6.08 Å². The van der Waals surface area contributed by atoms with Gasteiger partial charge in [0.1, 0.15) is 0 Å². The van der Waals surface area contributed by atoms with Gasteiger partial charge in [0.25, 0.3) is 0 Å². The Balaban J connectivity index is 2.04. The van der Waals surface area contributed by atoms with Gasteiger partial charge in [-0.05, 0) is 60.7 Å². The van der Waals surface area contributed by atoms with E-state index in [0.717, 1.165) is 17.5 Å². The van der Waals surface area contributed by atoms with Gasteiger partial charge in [-0.3, -0.25) is 4.79 Å². The second-order valence-corrected chi connectivity index (χ2v) is 6.13. The quantitative estimate of drug-likeness (QED) is 0.748. The summed E-state index contributed by atoms with van der Waals surface area (Å²) in [5.41, 5.74) is 4.59. The molecule has 2 aromatic rings. The molecule has 23 heavy (non-hydrogen) atoms. The molecule has 2 rings (SSSR count). The van der Waals surface area contributed by atoms with Crippen molar-refractivity contribution >= 4 is 23.6 Å². The lowest BCUT2D eigenvalue weighted by molar-refractivity contribution is -0.117. The first-order valence-corrected chi connectivity index (χ1v) is 8.18. The summed E-state index contributed by atoms with van der Waals surface area (Å²) in [7, 11) is 0. The summed E-state index contributed by atoms with van der Waals surface area (Å²) in [5, 5.41) is 3.75. The number of rotatable bonds is 5. The first-order valence-electron chi connectivity index (χ1n) is 7.81. The molecule has 0 saturated heterocycles. The molecule has 0 aliphatic heterocycles. The Morgan fingerprint density at radius 3 is 2.43 bits per heavy atom. The van der Waals surface area contributed by atoms with Gasteiger partial charge >= 0.3 is 0 Å². The van der Waals surface area contributed by atoms with Gasteiger partial charge in [0.15, 0.2) is 0 Å². The zero-order valence-electron chi connectivity index (χ0n) is 13.8. The Hall–Kier alpha value is -2.06. The van der Waals surface area contributed by atoms with Gasteiger partial charge in [-0.1, -0.05) is 48.9 Å². The highest BCUT2D eigenvalue weighted by atomic mass is 35.5. The number of aryl methyl sites for hydroxylation is 2. The molecule has 2 aromatic carbocycles. The maximum absolute atomic E-state index is 12.2. The van der Waals surface area contributed by atoms with Crippen LogP contribution in [-0.2, 0) is 4.79 Å². The molecule has 1 N–H and O–H groups in total. The van der Waals surface area contributed by atoms with E-state index in [-0.39, 0.29) is 11.9 Å². The molecule has 3 heteroatoms. The SMILES string of the molecule is CC[C@@H](NC(=O)/C=C/c1ccc(Cl)cc1)c1ccc(C)c(C)c1. The van der Waals surface area contributed by atoms with E-state index in [1.54, 1.807) is 12.2 Å². The maximum atomic E-state index is 12.2. The summed E-state index contributed by atoms with van der Waals surface area (Å²) in [6, 6.07) is 13.7. The highest BCUT2D eigenvalue weighted by molar-refractivity contribution is 6.30. The van der Waals surface area contributed by atoms with Crippen LogP contribution in [-0.4, -0.2) is 5.91 Å². The smallest absolute Gasteiger partial charge is 0.244 e. The predicted molar refractivity (Wildman–Crippen MR) is 97.6 cm³/mol. The van der Waals surface area contributed by atoms with Gasteiger partial charge in [-0.2, -0.15) is 0 Å². The van der Waals surface area contributed by atoms with Gasteiger partial charge in [-0.15, -0.1) is 0 Å². The topological polar surface area (TPSA) is 29.1 Å². The molecule has 0 heterocycles. The van der Waals surface area contributed by atoms with E-state index in [4.69, 9.17) is 11.6 Å². The van der Waals surface area contributed by atoms with Gasteiger partial charge in [-0.25, -0.2) is 0 Å². The monoisotopic (exact) mass is 327 g/mol. The number of amides is 1. The Morgan fingerprint density at radius 2 is 1.83 bits per heavy atom. The van der Waals surface area contributed by atoms with E-state index < -0.39 is 0 Å². The van der Waals surface area contributed by atoms with Gasteiger partial charge < -0.3 is 5.32 Å². The molecule has 0 fully saturated rings. The first-order chi connectivity index (χ1) is 11.0. The molecule has 1 atom stereocenters. The zero-order chi connectivity index (χ0) is 16.8. The predicted octanol–water partition coefficient (Wildman–Crippen LogP) is 5.24. The van der Waals surface area contributed by atoms with Crippen molar-refractivity contribution in [2.24, 2.45) is 0 Å². The Bertz CT molecular complexity index is 704. The van der Waals surface area contributed by atoms with Crippen LogP contribution < -0.4 is 5.32 Å².